The average molecular weight is 279 g/mol. The van der Waals surface area contributed by atoms with E-state index in [9.17, 15) is 22.4 Å². The predicted octanol–water partition coefficient (Wildman–Crippen LogP) is 2.45. The first-order valence-corrected chi connectivity index (χ1v) is 5.51. The summed E-state index contributed by atoms with van der Waals surface area (Å²) in [5.41, 5.74) is -0.994. The molecule has 1 aromatic carbocycles. The Hall–Kier alpha value is -1.63. The monoisotopic (exact) mass is 279 g/mol. The molecule has 0 spiro atoms. The second-order valence-corrected chi connectivity index (χ2v) is 4.03. The van der Waals surface area contributed by atoms with Crippen molar-refractivity contribution in [3.8, 4) is 0 Å². The largest absolute Gasteiger partial charge is 0.480 e. The maximum absolute atomic E-state index is 13.3. The Balaban J connectivity index is 2.77. The van der Waals surface area contributed by atoms with Crippen molar-refractivity contribution in [1.82, 2.24) is 5.32 Å². The van der Waals surface area contributed by atoms with Gasteiger partial charge in [-0.1, -0.05) is 6.07 Å². The lowest BCUT2D eigenvalue weighted by Gasteiger charge is -2.12. The molecule has 2 N–H and O–H groups in total. The second kappa shape index (κ2) is 6.01. The van der Waals surface area contributed by atoms with E-state index < -0.39 is 29.6 Å². The van der Waals surface area contributed by atoms with E-state index >= 15 is 0 Å². The van der Waals surface area contributed by atoms with Crippen LogP contribution in [-0.4, -0.2) is 24.2 Å². The van der Waals surface area contributed by atoms with Crippen LogP contribution in [0.2, 0.25) is 0 Å². The summed E-state index contributed by atoms with van der Waals surface area (Å²) < 4.78 is 50.2. The highest BCUT2D eigenvalue weighted by molar-refractivity contribution is 5.73. The lowest BCUT2D eigenvalue weighted by Crippen LogP contribution is -2.34. The van der Waals surface area contributed by atoms with Gasteiger partial charge in [0.1, 0.15) is 11.9 Å². The van der Waals surface area contributed by atoms with Crippen molar-refractivity contribution in [3.63, 3.8) is 0 Å². The number of benzene rings is 1. The van der Waals surface area contributed by atoms with Crippen LogP contribution < -0.4 is 5.32 Å². The number of carboxylic acids is 1. The van der Waals surface area contributed by atoms with Gasteiger partial charge in [-0.25, -0.2) is 4.39 Å². The number of likely N-dealkylation sites (N-methyl/N-ethyl adjacent to an activating group) is 1. The summed E-state index contributed by atoms with van der Waals surface area (Å²) in [7, 11) is 1.46. The number of hydrogen-bond donors (Lipinski definition) is 2. The quantitative estimate of drug-likeness (QED) is 0.814. The van der Waals surface area contributed by atoms with Crippen molar-refractivity contribution in [2.24, 2.45) is 0 Å². The molecule has 0 radical (unpaired) electrons. The highest BCUT2D eigenvalue weighted by Gasteiger charge is 2.33. The van der Waals surface area contributed by atoms with Crippen LogP contribution in [0.1, 0.15) is 17.5 Å². The van der Waals surface area contributed by atoms with E-state index in [0.29, 0.717) is 11.6 Å². The summed E-state index contributed by atoms with van der Waals surface area (Å²) in [6.45, 7) is 0. The maximum Gasteiger partial charge on any atom is 0.419 e. The highest BCUT2D eigenvalue weighted by atomic mass is 19.4. The summed E-state index contributed by atoms with van der Waals surface area (Å²) in [6, 6.07) is 1.79. The van der Waals surface area contributed by atoms with Crippen LogP contribution >= 0.6 is 0 Å². The molecule has 0 saturated heterocycles. The molecular formula is C12H13F4NO2. The van der Waals surface area contributed by atoms with E-state index in [1.54, 1.807) is 0 Å². The van der Waals surface area contributed by atoms with Crippen LogP contribution in [0.15, 0.2) is 18.2 Å². The predicted molar refractivity (Wildman–Crippen MR) is 60.2 cm³/mol. The van der Waals surface area contributed by atoms with Crippen LogP contribution in [0, 0.1) is 5.82 Å². The van der Waals surface area contributed by atoms with Crippen LogP contribution in [0.5, 0.6) is 0 Å². The number of carbonyl (C=O) groups is 1. The fourth-order valence-electron chi connectivity index (χ4n) is 1.65. The van der Waals surface area contributed by atoms with Gasteiger partial charge in [0.2, 0.25) is 0 Å². The van der Waals surface area contributed by atoms with E-state index in [1.807, 2.05) is 0 Å². The fraction of sp³-hybridized carbons (Fsp3) is 0.417. The number of hydrogen-bond acceptors (Lipinski definition) is 2. The van der Waals surface area contributed by atoms with Crippen molar-refractivity contribution >= 4 is 5.97 Å². The number of nitrogens with one attached hydrogen (secondary N) is 1. The SMILES string of the molecule is CNC(CCc1ccc(C(F)(F)F)c(F)c1)C(=O)O. The van der Waals surface area contributed by atoms with Gasteiger partial charge in [0.15, 0.2) is 0 Å². The minimum Gasteiger partial charge on any atom is -0.480 e. The van der Waals surface area contributed by atoms with Gasteiger partial charge in [-0.3, -0.25) is 4.79 Å². The Bertz CT molecular complexity index is 460. The molecule has 0 aliphatic carbocycles. The van der Waals surface area contributed by atoms with E-state index in [1.165, 1.54) is 7.05 Å². The maximum atomic E-state index is 13.3. The van der Waals surface area contributed by atoms with Gasteiger partial charge in [0.05, 0.1) is 5.56 Å². The van der Waals surface area contributed by atoms with Gasteiger partial charge >= 0.3 is 12.1 Å². The van der Waals surface area contributed by atoms with Crippen molar-refractivity contribution in [2.45, 2.75) is 25.1 Å². The van der Waals surface area contributed by atoms with Gasteiger partial charge in [-0.15, -0.1) is 0 Å². The van der Waals surface area contributed by atoms with Crippen LogP contribution in [0.4, 0.5) is 17.6 Å². The van der Waals surface area contributed by atoms with Gasteiger partial charge in [-0.2, -0.15) is 13.2 Å². The molecule has 0 saturated carbocycles. The lowest BCUT2D eigenvalue weighted by molar-refractivity contribution is -0.140. The molecule has 0 aliphatic heterocycles. The second-order valence-electron chi connectivity index (χ2n) is 4.03. The average Bonchev–Trinajstić information content (AvgIpc) is 2.27. The number of carboxylic acid groups (broad SMARTS) is 1. The normalized spacial score (nSPS) is 13.3. The smallest absolute Gasteiger partial charge is 0.419 e. The first-order chi connectivity index (χ1) is 8.75. The molecule has 0 heterocycles. The van der Waals surface area contributed by atoms with Crippen molar-refractivity contribution in [2.75, 3.05) is 7.05 Å². The molecule has 19 heavy (non-hydrogen) atoms. The van der Waals surface area contributed by atoms with Gasteiger partial charge in [0.25, 0.3) is 0 Å². The van der Waals surface area contributed by atoms with E-state index in [4.69, 9.17) is 5.11 Å². The van der Waals surface area contributed by atoms with E-state index in [-0.39, 0.29) is 12.8 Å². The highest BCUT2D eigenvalue weighted by Crippen LogP contribution is 2.31. The molecule has 1 atom stereocenters. The molecule has 1 rings (SSSR count). The molecular weight excluding hydrogens is 266 g/mol. The molecule has 0 aliphatic rings. The molecule has 3 nitrogen and oxygen atoms in total. The zero-order chi connectivity index (χ0) is 14.6. The van der Waals surface area contributed by atoms with E-state index in [0.717, 1.165) is 12.1 Å². The Morgan fingerprint density at radius 2 is 2.05 bits per heavy atom. The lowest BCUT2D eigenvalue weighted by atomic mass is 10.0. The van der Waals surface area contributed by atoms with Crippen LogP contribution in [0.3, 0.4) is 0 Å². The van der Waals surface area contributed by atoms with Gasteiger partial charge in [0, 0.05) is 0 Å². The molecule has 1 aromatic rings. The number of alkyl halides is 3. The molecule has 1 unspecified atom stereocenters. The summed E-state index contributed by atoms with van der Waals surface area (Å²) in [5.74, 6) is -2.41. The standard InChI is InChI=1S/C12H13F4NO2/c1-17-10(11(18)19)5-3-7-2-4-8(9(13)6-7)12(14,15)16/h2,4,6,10,17H,3,5H2,1H3,(H,18,19). The third-order valence-corrected chi connectivity index (χ3v) is 2.71. The minimum atomic E-state index is -4.73. The number of aryl methyl sites for hydroxylation is 1. The molecule has 0 fully saturated rings. The van der Waals surface area contributed by atoms with Crippen LogP contribution in [0.25, 0.3) is 0 Å². The zero-order valence-corrected chi connectivity index (χ0v) is 10.1. The van der Waals surface area contributed by atoms with Crippen molar-refractivity contribution in [3.05, 3.63) is 35.1 Å². The zero-order valence-electron chi connectivity index (χ0n) is 10.1. The van der Waals surface area contributed by atoms with Gasteiger partial charge in [-0.05, 0) is 37.6 Å². The van der Waals surface area contributed by atoms with Crippen LogP contribution in [-0.2, 0) is 17.4 Å². The third-order valence-electron chi connectivity index (χ3n) is 2.71. The number of aliphatic carboxylic acids is 1. The molecule has 0 amide bonds. The molecule has 106 valence electrons. The Morgan fingerprint density at radius 3 is 2.47 bits per heavy atom. The topological polar surface area (TPSA) is 49.3 Å². The Kier molecular flexibility index (Phi) is 4.88. The molecule has 7 heteroatoms. The summed E-state index contributed by atoms with van der Waals surface area (Å²) in [5, 5.41) is 11.3. The minimum absolute atomic E-state index is 0.163. The third kappa shape index (κ3) is 4.20. The molecule has 0 aromatic heterocycles. The molecule has 0 bridgehead atoms. The summed E-state index contributed by atoms with van der Waals surface area (Å²) in [6.07, 6.45) is -4.39. The Morgan fingerprint density at radius 1 is 1.42 bits per heavy atom. The Labute approximate surface area is 107 Å². The van der Waals surface area contributed by atoms with Gasteiger partial charge < -0.3 is 10.4 Å². The first-order valence-electron chi connectivity index (χ1n) is 5.51. The van der Waals surface area contributed by atoms with E-state index in [2.05, 4.69) is 5.32 Å². The number of halogens is 4. The summed E-state index contributed by atoms with van der Waals surface area (Å²) in [4.78, 5) is 10.7. The first kappa shape index (κ1) is 15.4. The fourth-order valence-corrected chi connectivity index (χ4v) is 1.65. The van der Waals surface area contributed by atoms with Crippen molar-refractivity contribution < 1.29 is 27.5 Å². The summed E-state index contributed by atoms with van der Waals surface area (Å²) >= 11 is 0. The number of rotatable bonds is 5. The van der Waals surface area contributed by atoms with Crippen molar-refractivity contribution in [1.29, 1.82) is 0 Å².